The molecule has 2 saturated carbocycles. The molecule has 2 fully saturated rings. The number of hydrogen-bond acceptors (Lipinski definition) is 2. The van der Waals surface area contributed by atoms with Gasteiger partial charge in [-0.05, 0) is 45.4 Å². The van der Waals surface area contributed by atoms with Gasteiger partial charge in [0.2, 0.25) is 10.0 Å². The van der Waals surface area contributed by atoms with Crippen molar-refractivity contribution in [3.8, 4) is 0 Å². The lowest BCUT2D eigenvalue weighted by molar-refractivity contribution is 0.273. The Morgan fingerprint density at radius 3 is 2.12 bits per heavy atom. The first-order valence-corrected chi connectivity index (χ1v) is 8.53. The maximum atomic E-state index is 12.3. The van der Waals surface area contributed by atoms with Gasteiger partial charge in [-0.3, -0.25) is 0 Å². The van der Waals surface area contributed by atoms with Gasteiger partial charge in [0.25, 0.3) is 0 Å². The molecular formula is C13H25NO2S. The maximum absolute atomic E-state index is 12.3. The van der Waals surface area contributed by atoms with Crippen LogP contribution in [0.5, 0.6) is 0 Å². The number of nitrogens with zero attached hydrogens (tertiary/aromatic N) is 1. The van der Waals surface area contributed by atoms with E-state index < -0.39 is 10.0 Å². The largest absolute Gasteiger partial charge is 0.216 e. The van der Waals surface area contributed by atoms with Crippen molar-refractivity contribution >= 4 is 10.0 Å². The van der Waals surface area contributed by atoms with Crippen molar-refractivity contribution in [1.29, 1.82) is 0 Å². The van der Waals surface area contributed by atoms with Crippen LogP contribution in [-0.4, -0.2) is 30.6 Å². The molecule has 0 amide bonds. The second-order valence-electron chi connectivity index (χ2n) is 5.90. The molecule has 0 radical (unpaired) electrons. The lowest BCUT2D eigenvalue weighted by Crippen LogP contribution is -2.41. The molecule has 0 aromatic carbocycles. The van der Waals surface area contributed by atoms with Gasteiger partial charge in [0.1, 0.15) is 0 Å². The fourth-order valence-corrected chi connectivity index (χ4v) is 4.30. The second-order valence-corrected chi connectivity index (χ2v) is 8.34. The summed E-state index contributed by atoms with van der Waals surface area (Å²) in [6.07, 6.45) is 8.47. The van der Waals surface area contributed by atoms with Gasteiger partial charge in [-0.15, -0.1) is 0 Å². The third-order valence-electron chi connectivity index (χ3n) is 4.04. The molecule has 0 heterocycles. The Hall–Kier alpha value is -0.0900. The van der Waals surface area contributed by atoms with E-state index in [-0.39, 0.29) is 5.25 Å². The molecule has 0 saturated heterocycles. The summed E-state index contributed by atoms with van der Waals surface area (Å²) in [7, 11) is -3.04. The van der Waals surface area contributed by atoms with Crippen LogP contribution in [0, 0.1) is 5.92 Å². The molecule has 2 aliphatic rings. The van der Waals surface area contributed by atoms with Gasteiger partial charge in [-0.2, -0.15) is 4.31 Å². The smallest absolute Gasteiger partial charge is 0.212 e. The summed E-state index contributed by atoms with van der Waals surface area (Å²) < 4.78 is 26.5. The van der Waals surface area contributed by atoms with Gasteiger partial charge in [-0.1, -0.05) is 19.3 Å². The Morgan fingerprint density at radius 2 is 1.65 bits per heavy atom. The average molecular weight is 259 g/mol. The summed E-state index contributed by atoms with van der Waals surface area (Å²) in [5, 5.41) is -0.272. The van der Waals surface area contributed by atoms with Crippen LogP contribution in [0.1, 0.15) is 58.8 Å². The first-order chi connectivity index (χ1) is 8.01. The van der Waals surface area contributed by atoms with E-state index in [1.807, 2.05) is 4.31 Å². The van der Waals surface area contributed by atoms with Gasteiger partial charge in [-0.25, -0.2) is 8.42 Å². The summed E-state index contributed by atoms with van der Waals surface area (Å²) in [5.74, 6) is 0.609. The fourth-order valence-electron chi connectivity index (χ4n) is 2.72. The molecule has 0 spiro atoms. The second kappa shape index (κ2) is 5.27. The zero-order chi connectivity index (χ0) is 12.5. The van der Waals surface area contributed by atoms with E-state index in [0.717, 1.165) is 19.4 Å². The Bertz CT molecular complexity index is 340. The molecule has 0 atom stereocenters. The third kappa shape index (κ3) is 3.22. The van der Waals surface area contributed by atoms with Gasteiger partial charge < -0.3 is 0 Å². The molecule has 2 aliphatic carbocycles. The number of rotatable bonds is 5. The summed E-state index contributed by atoms with van der Waals surface area (Å²) >= 11 is 0. The van der Waals surface area contributed by atoms with Crippen molar-refractivity contribution in [1.82, 2.24) is 4.31 Å². The van der Waals surface area contributed by atoms with Crippen LogP contribution >= 0.6 is 0 Å². The Kier molecular flexibility index (Phi) is 4.14. The van der Waals surface area contributed by atoms with E-state index in [2.05, 4.69) is 0 Å². The molecule has 3 nitrogen and oxygen atoms in total. The quantitative estimate of drug-likeness (QED) is 0.761. The highest BCUT2D eigenvalue weighted by molar-refractivity contribution is 7.89. The monoisotopic (exact) mass is 259 g/mol. The number of sulfonamides is 1. The van der Waals surface area contributed by atoms with Gasteiger partial charge in [0.05, 0.1) is 5.25 Å². The molecule has 0 aromatic heterocycles. The van der Waals surface area contributed by atoms with E-state index in [0.29, 0.717) is 12.0 Å². The van der Waals surface area contributed by atoms with E-state index in [1.165, 1.54) is 32.1 Å². The summed E-state index contributed by atoms with van der Waals surface area (Å²) in [5.41, 5.74) is 0. The first-order valence-electron chi connectivity index (χ1n) is 7.02. The Morgan fingerprint density at radius 1 is 1.06 bits per heavy atom. The minimum absolute atomic E-state index is 0.272. The minimum Gasteiger partial charge on any atom is -0.212 e. The van der Waals surface area contributed by atoms with Crippen LogP contribution in [0.15, 0.2) is 0 Å². The molecule has 17 heavy (non-hydrogen) atoms. The lowest BCUT2D eigenvalue weighted by atomic mass is 9.89. The van der Waals surface area contributed by atoms with Crippen LogP contribution in [0.4, 0.5) is 0 Å². The van der Waals surface area contributed by atoms with E-state index >= 15 is 0 Å². The zero-order valence-electron chi connectivity index (χ0n) is 11.1. The highest BCUT2D eigenvalue weighted by atomic mass is 32.2. The van der Waals surface area contributed by atoms with Crippen molar-refractivity contribution in [2.24, 2.45) is 5.92 Å². The molecule has 0 aromatic rings. The van der Waals surface area contributed by atoms with Crippen molar-refractivity contribution in [3.63, 3.8) is 0 Å². The van der Waals surface area contributed by atoms with Crippen LogP contribution in [-0.2, 0) is 10.0 Å². The predicted molar refractivity (Wildman–Crippen MR) is 70.4 cm³/mol. The normalized spacial score (nSPS) is 23.5. The standard InChI is InChI=1S/C13H25NO2S/c1-11(2)17(15,16)14(13-8-9-13)10-12-6-4-3-5-7-12/h11-13H,3-10H2,1-2H3. The molecular weight excluding hydrogens is 234 g/mol. The lowest BCUT2D eigenvalue weighted by Gasteiger charge is -2.30. The molecule has 100 valence electrons. The average Bonchev–Trinajstić information content (AvgIpc) is 3.10. The fraction of sp³-hybridized carbons (Fsp3) is 1.00. The molecule has 0 bridgehead atoms. The molecule has 2 rings (SSSR count). The summed E-state index contributed by atoms with van der Waals surface area (Å²) in [6, 6.07) is 0.323. The van der Waals surface area contributed by atoms with E-state index in [1.54, 1.807) is 13.8 Å². The highest BCUT2D eigenvalue weighted by Gasteiger charge is 2.39. The Labute approximate surface area is 106 Å². The van der Waals surface area contributed by atoms with Crippen molar-refractivity contribution in [3.05, 3.63) is 0 Å². The molecule has 0 N–H and O–H groups in total. The van der Waals surface area contributed by atoms with Crippen LogP contribution in [0.25, 0.3) is 0 Å². The topological polar surface area (TPSA) is 37.4 Å². The van der Waals surface area contributed by atoms with Crippen LogP contribution < -0.4 is 0 Å². The molecule has 4 heteroatoms. The maximum Gasteiger partial charge on any atom is 0.216 e. The zero-order valence-corrected chi connectivity index (χ0v) is 11.9. The van der Waals surface area contributed by atoms with Crippen molar-refractivity contribution in [2.75, 3.05) is 6.54 Å². The molecule has 0 aliphatic heterocycles. The first kappa shape index (κ1) is 13.3. The van der Waals surface area contributed by atoms with E-state index in [9.17, 15) is 8.42 Å². The molecule has 0 unspecified atom stereocenters. The third-order valence-corrected chi connectivity index (χ3v) is 6.33. The van der Waals surface area contributed by atoms with Crippen molar-refractivity contribution in [2.45, 2.75) is 70.1 Å². The van der Waals surface area contributed by atoms with Crippen LogP contribution in [0.2, 0.25) is 0 Å². The Balaban J connectivity index is 2.02. The van der Waals surface area contributed by atoms with E-state index in [4.69, 9.17) is 0 Å². The van der Waals surface area contributed by atoms with Crippen molar-refractivity contribution < 1.29 is 8.42 Å². The minimum atomic E-state index is -3.04. The predicted octanol–water partition coefficient (Wildman–Crippen LogP) is 2.77. The van der Waals surface area contributed by atoms with Gasteiger partial charge in [0, 0.05) is 12.6 Å². The van der Waals surface area contributed by atoms with Crippen LogP contribution in [0.3, 0.4) is 0 Å². The highest BCUT2D eigenvalue weighted by Crippen LogP contribution is 2.34. The SMILES string of the molecule is CC(C)S(=O)(=O)N(CC1CCCCC1)C1CC1. The van der Waals surface area contributed by atoms with Gasteiger partial charge >= 0.3 is 0 Å². The van der Waals surface area contributed by atoms with Gasteiger partial charge in [0.15, 0.2) is 0 Å². The number of hydrogen-bond donors (Lipinski definition) is 0. The summed E-state index contributed by atoms with van der Waals surface area (Å²) in [6.45, 7) is 4.38. The summed E-state index contributed by atoms with van der Waals surface area (Å²) in [4.78, 5) is 0.